The average Bonchev–Trinajstić information content (AvgIpc) is 2.49. The van der Waals surface area contributed by atoms with Crippen LogP contribution in [0, 0.1) is 5.82 Å². The van der Waals surface area contributed by atoms with E-state index in [1.165, 1.54) is 0 Å². The highest BCUT2D eigenvalue weighted by Gasteiger charge is 2.26. The topological polar surface area (TPSA) is 74.7 Å². The maximum absolute atomic E-state index is 13.0. The molecule has 2 aromatic rings. The lowest BCUT2D eigenvalue weighted by Crippen LogP contribution is -2.33. The van der Waals surface area contributed by atoms with Crippen LogP contribution in [0.2, 0.25) is 0 Å². The molecule has 2 rings (SSSR count). The summed E-state index contributed by atoms with van der Waals surface area (Å²) in [4.78, 5) is 10.7. The van der Waals surface area contributed by atoms with E-state index in [0.29, 0.717) is 10.2 Å². The minimum absolute atomic E-state index is 0.111. The van der Waals surface area contributed by atoms with Crippen LogP contribution in [-0.2, 0) is 14.8 Å². The molecule has 1 N–H and O–H groups in total. The van der Waals surface area contributed by atoms with Gasteiger partial charge in [0.15, 0.2) is 0 Å². The molecular formula is C15H13BrFNO4S. The second-order valence-electron chi connectivity index (χ2n) is 4.63. The highest BCUT2D eigenvalue weighted by atomic mass is 79.9. The smallest absolute Gasteiger partial charge is 0.305 e. The summed E-state index contributed by atoms with van der Waals surface area (Å²) in [5, 5.41) is 8.87. The Hall–Kier alpha value is -1.93. The SMILES string of the molecule is O=C(O)CCN(c1ccccc1Br)S(=O)(=O)c1ccc(F)cc1. The zero-order valence-corrected chi connectivity index (χ0v) is 14.2. The molecule has 0 fully saturated rings. The lowest BCUT2D eigenvalue weighted by Gasteiger charge is -2.25. The van der Waals surface area contributed by atoms with Gasteiger partial charge < -0.3 is 5.11 Å². The fraction of sp³-hybridized carbons (Fsp3) is 0.133. The van der Waals surface area contributed by atoms with Gasteiger partial charge in [-0.25, -0.2) is 12.8 Å². The summed E-state index contributed by atoms with van der Waals surface area (Å²) in [5.41, 5.74) is 0.318. The van der Waals surface area contributed by atoms with Gasteiger partial charge in [-0.2, -0.15) is 0 Å². The van der Waals surface area contributed by atoms with Crippen LogP contribution in [0.25, 0.3) is 0 Å². The predicted molar refractivity (Wildman–Crippen MR) is 87.3 cm³/mol. The highest BCUT2D eigenvalue weighted by Crippen LogP contribution is 2.30. The Kier molecular flexibility index (Phi) is 5.38. The first-order chi connectivity index (χ1) is 10.8. The summed E-state index contributed by atoms with van der Waals surface area (Å²) >= 11 is 3.27. The molecule has 0 heterocycles. The van der Waals surface area contributed by atoms with Gasteiger partial charge in [0, 0.05) is 11.0 Å². The van der Waals surface area contributed by atoms with Gasteiger partial charge in [0.2, 0.25) is 0 Å². The molecule has 23 heavy (non-hydrogen) atoms. The van der Waals surface area contributed by atoms with Crippen LogP contribution in [0.1, 0.15) is 6.42 Å². The fourth-order valence-corrected chi connectivity index (χ4v) is 4.06. The van der Waals surface area contributed by atoms with Crippen molar-refractivity contribution in [1.29, 1.82) is 0 Å². The normalized spacial score (nSPS) is 11.2. The van der Waals surface area contributed by atoms with Crippen molar-refractivity contribution in [3.05, 3.63) is 58.8 Å². The van der Waals surface area contributed by atoms with Gasteiger partial charge in [-0.3, -0.25) is 9.10 Å². The molecule has 0 aliphatic carbocycles. The molecule has 0 unspecified atom stereocenters. The molecule has 5 nitrogen and oxygen atoms in total. The zero-order chi connectivity index (χ0) is 17.0. The van der Waals surface area contributed by atoms with E-state index in [9.17, 15) is 17.6 Å². The fourth-order valence-electron chi connectivity index (χ4n) is 1.96. The van der Waals surface area contributed by atoms with Crippen molar-refractivity contribution in [3.8, 4) is 0 Å². The van der Waals surface area contributed by atoms with Crippen LogP contribution >= 0.6 is 15.9 Å². The van der Waals surface area contributed by atoms with Crippen LogP contribution in [-0.4, -0.2) is 26.0 Å². The third-order valence-electron chi connectivity index (χ3n) is 3.05. The predicted octanol–water partition coefficient (Wildman–Crippen LogP) is 3.26. The summed E-state index contributed by atoms with van der Waals surface area (Å²) in [7, 11) is -4.02. The van der Waals surface area contributed by atoms with E-state index in [4.69, 9.17) is 5.11 Å². The number of carboxylic acid groups (broad SMARTS) is 1. The largest absolute Gasteiger partial charge is 0.481 e. The summed E-state index contributed by atoms with van der Waals surface area (Å²) in [6.07, 6.45) is -0.359. The molecule has 0 aliphatic rings. The Labute approximate surface area is 141 Å². The third kappa shape index (κ3) is 4.08. The first-order valence-electron chi connectivity index (χ1n) is 6.57. The van der Waals surface area contributed by atoms with E-state index in [1.54, 1.807) is 24.3 Å². The molecule has 0 atom stereocenters. The number of aliphatic carboxylic acids is 1. The lowest BCUT2D eigenvalue weighted by molar-refractivity contribution is -0.136. The summed E-state index contributed by atoms with van der Waals surface area (Å²) in [6, 6.07) is 11.0. The Morgan fingerprint density at radius 3 is 2.30 bits per heavy atom. The molecule has 0 aromatic heterocycles. The first-order valence-corrected chi connectivity index (χ1v) is 8.80. The Morgan fingerprint density at radius 1 is 1.13 bits per heavy atom. The van der Waals surface area contributed by atoms with E-state index in [1.807, 2.05) is 0 Å². The molecule has 0 saturated heterocycles. The summed E-state index contributed by atoms with van der Waals surface area (Å²) in [6.45, 7) is -0.238. The second kappa shape index (κ2) is 7.10. The van der Waals surface area contributed by atoms with E-state index < -0.39 is 21.8 Å². The van der Waals surface area contributed by atoms with Crippen molar-refractivity contribution in [2.75, 3.05) is 10.8 Å². The number of hydrogen-bond acceptors (Lipinski definition) is 3. The zero-order valence-electron chi connectivity index (χ0n) is 11.8. The first kappa shape index (κ1) is 17.4. The number of halogens is 2. The average molecular weight is 402 g/mol. The Balaban J connectivity index is 2.50. The standard InChI is InChI=1S/C15H13BrFNO4S/c16-13-3-1-2-4-14(13)18(10-9-15(19)20)23(21,22)12-7-5-11(17)6-8-12/h1-8H,9-10H2,(H,19,20). The molecule has 0 amide bonds. The van der Waals surface area contributed by atoms with Crippen LogP contribution < -0.4 is 4.31 Å². The molecule has 2 aromatic carbocycles. The molecule has 122 valence electrons. The molecule has 0 bridgehead atoms. The maximum atomic E-state index is 13.0. The maximum Gasteiger partial charge on any atom is 0.305 e. The minimum Gasteiger partial charge on any atom is -0.481 e. The number of benzene rings is 2. The number of nitrogens with zero attached hydrogens (tertiary/aromatic N) is 1. The van der Waals surface area contributed by atoms with Gasteiger partial charge in [-0.1, -0.05) is 12.1 Å². The van der Waals surface area contributed by atoms with E-state index >= 15 is 0 Å². The molecule has 8 heteroatoms. The summed E-state index contributed by atoms with van der Waals surface area (Å²) < 4.78 is 40.1. The van der Waals surface area contributed by atoms with Crippen molar-refractivity contribution in [2.45, 2.75) is 11.3 Å². The molecular weight excluding hydrogens is 389 g/mol. The third-order valence-corrected chi connectivity index (χ3v) is 5.55. The van der Waals surface area contributed by atoms with Gasteiger partial charge in [-0.05, 0) is 52.3 Å². The number of carboxylic acids is 1. The molecule has 0 aliphatic heterocycles. The lowest BCUT2D eigenvalue weighted by atomic mass is 10.3. The molecule has 0 radical (unpaired) electrons. The van der Waals surface area contributed by atoms with Crippen molar-refractivity contribution >= 4 is 37.6 Å². The van der Waals surface area contributed by atoms with E-state index in [0.717, 1.165) is 28.6 Å². The number of sulfonamides is 1. The van der Waals surface area contributed by atoms with Gasteiger partial charge >= 0.3 is 5.97 Å². The van der Waals surface area contributed by atoms with Gasteiger partial charge in [0.25, 0.3) is 10.0 Å². The van der Waals surface area contributed by atoms with Crippen molar-refractivity contribution in [3.63, 3.8) is 0 Å². The molecule has 0 spiro atoms. The van der Waals surface area contributed by atoms with E-state index in [-0.39, 0.29) is 17.9 Å². The number of hydrogen-bond donors (Lipinski definition) is 1. The monoisotopic (exact) mass is 401 g/mol. The second-order valence-corrected chi connectivity index (χ2v) is 7.34. The van der Waals surface area contributed by atoms with Crippen LogP contribution in [0.4, 0.5) is 10.1 Å². The van der Waals surface area contributed by atoms with Crippen molar-refractivity contribution in [1.82, 2.24) is 0 Å². The van der Waals surface area contributed by atoms with Gasteiger partial charge in [0.05, 0.1) is 17.0 Å². The highest BCUT2D eigenvalue weighted by molar-refractivity contribution is 9.10. The number of carbonyl (C=O) groups is 1. The van der Waals surface area contributed by atoms with Crippen LogP contribution in [0.5, 0.6) is 0 Å². The van der Waals surface area contributed by atoms with E-state index in [2.05, 4.69) is 15.9 Å². The minimum atomic E-state index is -4.02. The van der Waals surface area contributed by atoms with Gasteiger partial charge in [-0.15, -0.1) is 0 Å². The van der Waals surface area contributed by atoms with Crippen LogP contribution in [0.3, 0.4) is 0 Å². The van der Waals surface area contributed by atoms with Crippen molar-refractivity contribution < 1.29 is 22.7 Å². The Bertz CT molecular complexity index is 808. The molecule has 0 saturated carbocycles. The van der Waals surface area contributed by atoms with Gasteiger partial charge in [0.1, 0.15) is 5.82 Å². The number of para-hydroxylation sites is 1. The quantitative estimate of drug-likeness (QED) is 0.805. The van der Waals surface area contributed by atoms with Crippen LogP contribution in [0.15, 0.2) is 57.9 Å². The summed E-state index contributed by atoms with van der Waals surface area (Å²) in [5.74, 6) is -1.67. The number of rotatable bonds is 6. The van der Waals surface area contributed by atoms with Crippen molar-refractivity contribution in [2.24, 2.45) is 0 Å². The number of anilines is 1. The Morgan fingerprint density at radius 2 is 1.74 bits per heavy atom.